The van der Waals surface area contributed by atoms with Crippen LogP contribution in [0.15, 0.2) is 29.1 Å². The smallest absolute Gasteiger partial charge is 0.256 e. The standard InChI is InChI=1S/C22H29N3O2/c1-4-8-18(16(3)26)19-20(17-11-9-15(2)10-12-17)23-22(24-21(19)27)25-13-6-5-7-14-25/h9-12,18H,4-8,13-14H2,1-3H3,(H,23,24,27). The normalized spacial score (nSPS) is 15.6. The summed E-state index contributed by atoms with van der Waals surface area (Å²) in [5, 5.41) is 0. The second-order valence-corrected chi connectivity index (χ2v) is 7.52. The van der Waals surface area contributed by atoms with Gasteiger partial charge in [0, 0.05) is 24.6 Å². The number of carbonyl (C=O) groups excluding carboxylic acids is 1. The van der Waals surface area contributed by atoms with Gasteiger partial charge in [-0.25, -0.2) is 4.98 Å². The van der Waals surface area contributed by atoms with Crippen molar-refractivity contribution in [3.8, 4) is 11.3 Å². The number of benzene rings is 1. The molecule has 1 atom stereocenters. The van der Waals surface area contributed by atoms with Crippen LogP contribution in [0.1, 0.15) is 63.0 Å². The summed E-state index contributed by atoms with van der Waals surface area (Å²) in [6.45, 7) is 7.44. The number of H-pyrrole nitrogens is 1. The van der Waals surface area contributed by atoms with Crippen LogP contribution in [-0.4, -0.2) is 28.8 Å². The molecule has 0 saturated carbocycles. The van der Waals surface area contributed by atoms with E-state index in [-0.39, 0.29) is 11.3 Å². The Bertz CT molecular complexity index is 849. The number of ketones is 1. The van der Waals surface area contributed by atoms with E-state index >= 15 is 0 Å². The number of nitrogens with zero attached hydrogens (tertiary/aromatic N) is 2. The van der Waals surface area contributed by atoms with Crippen LogP contribution in [0.3, 0.4) is 0 Å². The van der Waals surface area contributed by atoms with Crippen LogP contribution in [0.5, 0.6) is 0 Å². The second kappa shape index (κ2) is 8.51. The Morgan fingerprint density at radius 3 is 2.44 bits per heavy atom. The van der Waals surface area contributed by atoms with Crippen molar-refractivity contribution in [2.24, 2.45) is 0 Å². The molecule has 2 heterocycles. The first-order chi connectivity index (χ1) is 13.0. The lowest BCUT2D eigenvalue weighted by molar-refractivity contribution is -0.118. The number of hydrogen-bond donors (Lipinski definition) is 1. The minimum absolute atomic E-state index is 0.0169. The van der Waals surface area contributed by atoms with Crippen LogP contribution in [0.4, 0.5) is 5.95 Å². The molecule has 3 rings (SSSR count). The predicted molar refractivity (Wildman–Crippen MR) is 109 cm³/mol. The van der Waals surface area contributed by atoms with Crippen molar-refractivity contribution in [1.82, 2.24) is 9.97 Å². The van der Waals surface area contributed by atoms with E-state index in [0.29, 0.717) is 23.6 Å². The van der Waals surface area contributed by atoms with Gasteiger partial charge in [0.2, 0.25) is 5.95 Å². The highest BCUT2D eigenvalue weighted by atomic mass is 16.1. The maximum Gasteiger partial charge on any atom is 0.256 e. The van der Waals surface area contributed by atoms with E-state index in [9.17, 15) is 9.59 Å². The Kier molecular flexibility index (Phi) is 6.09. The third-order valence-corrected chi connectivity index (χ3v) is 5.34. The maximum atomic E-state index is 13.1. The molecule has 2 aromatic rings. The molecule has 5 nitrogen and oxygen atoms in total. The maximum absolute atomic E-state index is 13.1. The molecule has 27 heavy (non-hydrogen) atoms. The summed E-state index contributed by atoms with van der Waals surface area (Å²) in [5.41, 5.74) is 3.01. The fraction of sp³-hybridized carbons (Fsp3) is 0.500. The lowest BCUT2D eigenvalue weighted by atomic mass is 9.88. The fourth-order valence-electron chi connectivity index (χ4n) is 3.82. The van der Waals surface area contributed by atoms with Crippen molar-refractivity contribution in [1.29, 1.82) is 0 Å². The van der Waals surface area contributed by atoms with Gasteiger partial charge in [0.1, 0.15) is 5.78 Å². The van der Waals surface area contributed by atoms with Crippen LogP contribution >= 0.6 is 0 Å². The van der Waals surface area contributed by atoms with Gasteiger partial charge in [-0.15, -0.1) is 0 Å². The first-order valence-electron chi connectivity index (χ1n) is 9.98. The lowest BCUT2D eigenvalue weighted by Crippen LogP contribution is -2.34. The summed E-state index contributed by atoms with van der Waals surface area (Å²) in [6, 6.07) is 8.02. The molecule has 0 spiro atoms. The average molecular weight is 367 g/mol. The molecule has 144 valence electrons. The highest BCUT2D eigenvalue weighted by Crippen LogP contribution is 2.30. The van der Waals surface area contributed by atoms with Gasteiger partial charge in [0.15, 0.2) is 0 Å². The Morgan fingerprint density at radius 2 is 1.85 bits per heavy atom. The van der Waals surface area contributed by atoms with Gasteiger partial charge in [-0.05, 0) is 39.5 Å². The SMILES string of the molecule is CCCC(C(C)=O)c1c(-c2ccc(C)cc2)nc(N2CCCCC2)[nH]c1=O. The number of Topliss-reactive ketones (excluding diaryl/α,β-unsaturated/α-hetero) is 1. The molecule has 0 amide bonds. The quantitative estimate of drug-likeness (QED) is 0.831. The molecule has 5 heteroatoms. The lowest BCUT2D eigenvalue weighted by Gasteiger charge is -2.28. The summed E-state index contributed by atoms with van der Waals surface area (Å²) in [5.74, 6) is 0.221. The molecular formula is C22H29N3O2. The number of piperidine rings is 1. The summed E-state index contributed by atoms with van der Waals surface area (Å²) in [6.07, 6.45) is 4.92. The van der Waals surface area contributed by atoms with Gasteiger partial charge in [0.05, 0.1) is 11.3 Å². The molecule has 0 radical (unpaired) electrons. The number of rotatable bonds is 6. The van der Waals surface area contributed by atoms with Crippen molar-refractivity contribution in [3.63, 3.8) is 0 Å². The Balaban J connectivity index is 2.17. The van der Waals surface area contributed by atoms with Crippen molar-refractivity contribution in [2.45, 2.75) is 58.8 Å². The Morgan fingerprint density at radius 1 is 1.19 bits per heavy atom. The number of aromatic nitrogens is 2. The number of aryl methyl sites for hydroxylation is 1. The largest absolute Gasteiger partial charge is 0.342 e. The molecule has 0 aliphatic carbocycles. The van der Waals surface area contributed by atoms with Crippen LogP contribution in [0.2, 0.25) is 0 Å². The van der Waals surface area contributed by atoms with Crippen molar-refractivity contribution in [3.05, 3.63) is 45.7 Å². The molecule has 0 bridgehead atoms. The van der Waals surface area contributed by atoms with E-state index in [1.165, 1.54) is 6.42 Å². The van der Waals surface area contributed by atoms with Crippen molar-refractivity contribution >= 4 is 11.7 Å². The van der Waals surface area contributed by atoms with Gasteiger partial charge in [-0.3, -0.25) is 14.6 Å². The fourth-order valence-corrected chi connectivity index (χ4v) is 3.82. The van der Waals surface area contributed by atoms with Gasteiger partial charge in [-0.2, -0.15) is 0 Å². The summed E-state index contributed by atoms with van der Waals surface area (Å²) in [4.78, 5) is 35.4. The molecule has 1 aliphatic rings. The summed E-state index contributed by atoms with van der Waals surface area (Å²) < 4.78 is 0. The van der Waals surface area contributed by atoms with Gasteiger partial charge >= 0.3 is 0 Å². The minimum Gasteiger partial charge on any atom is -0.342 e. The van der Waals surface area contributed by atoms with E-state index < -0.39 is 5.92 Å². The number of aromatic amines is 1. The second-order valence-electron chi connectivity index (χ2n) is 7.52. The molecule has 1 unspecified atom stereocenters. The van der Waals surface area contributed by atoms with E-state index in [2.05, 4.69) is 9.88 Å². The third-order valence-electron chi connectivity index (χ3n) is 5.34. The average Bonchev–Trinajstić information content (AvgIpc) is 2.67. The van der Waals surface area contributed by atoms with Crippen molar-refractivity contribution < 1.29 is 4.79 Å². The van der Waals surface area contributed by atoms with Crippen LogP contribution < -0.4 is 10.5 Å². The molecule has 1 fully saturated rings. The van der Waals surface area contributed by atoms with E-state index in [1.54, 1.807) is 6.92 Å². The zero-order valence-electron chi connectivity index (χ0n) is 16.5. The molecule has 1 aliphatic heterocycles. The molecule has 1 saturated heterocycles. The molecule has 1 aromatic carbocycles. The Hall–Kier alpha value is -2.43. The van der Waals surface area contributed by atoms with Crippen LogP contribution in [0.25, 0.3) is 11.3 Å². The van der Waals surface area contributed by atoms with Gasteiger partial charge in [-0.1, -0.05) is 43.2 Å². The van der Waals surface area contributed by atoms with Crippen LogP contribution in [-0.2, 0) is 4.79 Å². The van der Waals surface area contributed by atoms with Gasteiger partial charge in [0.25, 0.3) is 5.56 Å². The molecule has 1 N–H and O–H groups in total. The van der Waals surface area contributed by atoms with E-state index in [0.717, 1.165) is 43.5 Å². The number of carbonyl (C=O) groups is 1. The minimum atomic E-state index is -0.419. The number of anilines is 1. The predicted octanol–water partition coefficient (Wildman–Crippen LogP) is 4.21. The summed E-state index contributed by atoms with van der Waals surface area (Å²) >= 11 is 0. The molecular weight excluding hydrogens is 338 g/mol. The number of hydrogen-bond acceptors (Lipinski definition) is 4. The first kappa shape index (κ1) is 19.3. The highest BCUT2D eigenvalue weighted by Gasteiger charge is 2.26. The zero-order chi connectivity index (χ0) is 19.4. The van der Waals surface area contributed by atoms with E-state index in [4.69, 9.17) is 4.98 Å². The van der Waals surface area contributed by atoms with Crippen LogP contribution in [0, 0.1) is 6.92 Å². The summed E-state index contributed by atoms with van der Waals surface area (Å²) in [7, 11) is 0. The first-order valence-corrected chi connectivity index (χ1v) is 9.98. The topological polar surface area (TPSA) is 66.1 Å². The van der Waals surface area contributed by atoms with Gasteiger partial charge < -0.3 is 4.90 Å². The van der Waals surface area contributed by atoms with Crippen molar-refractivity contribution in [2.75, 3.05) is 18.0 Å². The highest BCUT2D eigenvalue weighted by molar-refractivity contribution is 5.85. The Labute approximate surface area is 160 Å². The zero-order valence-corrected chi connectivity index (χ0v) is 16.5. The number of nitrogens with one attached hydrogen (secondary N) is 1. The monoisotopic (exact) mass is 367 g/mol. The third kappa shape index (κ3) is 4.29. The van der Waals surface area contributed by atoms with E-state index in [1.807, 2.05) is 38.1 Å². The molecule has 1 aromatic heterocycles.